The van der Waals surface area contributed by atoms with Crippen molar-refractivity contribution in [3.63, 3.8) is 0 Å². The molecule has 0 radical (unpaired) electrons. The van der Waals surface area contributed by atoms with Crippen LogP contribution in [0.5, 0.6) is 0 Å². The standard InChI is InChI=1S/C30H37N5O2/c1-3-13-33(14-4-2)29(37)24-16-22-10-11-23(17-26(22)32-27(31)18-24)28(36)35-20-30(21-35)12-15-34(19-30)25-8-6-5-7-9-25/h5-11,16-17H,3-4,12-15,18-21H2,1-2H3,(H2,31,32). The van der Waals surface area contributed by atoms with E-state index in [4.69, 9.17) is 5.73 Å². The van der Waals surface area contributed by atoms with Gasteiger partial charge < -0.3 is 20.4 Å². The summed E-state index contributed by atoms with van der Waals surface area (Å²) in [5.74, 6) is 0.439. The highest BCUT2D eigenvalue weighted by Crippen LogP contribution is 2.42. The molecule has 3 aliphatic rings. The molecule has 0 atom stereocenters. The van der Waals surface area contributed by atoms with Gasteiger partial charge in [-0.25, -0.2) is 4.99 Å². The van der Waals surface area contributed by atoms with Crippen LogP contribution >= 0.6 is 0 Å². The van der Waals surface area contributed by atoms with Crippen molar-refractivity contribution in [1.82, 2.24) is 9.80 Å². The molecular weight excluding hydrogens is 462 g/mol. The zero-order valence-corrected chi connectivity index (χ0v) is 21.9. The Morgan fingerprint density at radius 1 is 1.03 bits per heavy atom. The lowest BCUT2D eigenvalue weighted by Gasteiger charge is -2.48. The molecule has 0 unspecified atom stereocenters. The molecule has 0 saturated carbocycles. The number of nitrogens with zero attached hydrogens (tertiary/aromatic N) is 4. The number of anilines is 1. The largest absolute Gasteiger partial charge is 0.387 e. The SMILES string of the molecule is CCCN(CCC)C(=O)C1=Cc2ccc(C(=O)N3CC4(CCN(c5ccccc5)C4)C3)cc2N=C(N)C1. The van der Waals surface area contributed by atoms with Crippen molar-refractivity contribution in [2.24, 2.45) is 16.1 Å². The smallest absolute Gasteiger partial charge is 0.253 e. The molecule has 2 N–H and O–H groups in total. The molecule has 7 nitrogen and oxygen atoms in total. The van der Waals surface area contributed by atoms with Gasteiger partial charge in [-0.2, -0.15) is 0 Å². The van der Waals surface area contributed by atoms with Crippen molar-refractivity contribution in [2.75, 3.05) is 44.2 Å². The van der Waals surface area contributed by atoms with E-state index in [0.29, 0.717) is 29.1 Å². The number of hydrogen-bond acceptors (Lipinski definition) is 5. The molecule has 7 heteroatoms. The number of carbonyl (C=O) groups excluding carboxylic acids is 2. The molecule has 5 rings (SSSR count). The van der Waals surface area contributed by atoms with Crippen LogP contribution in [0.2, 0.25) is 0 Å². The number of nitrogens with two attached hydrogens (primary N) is 1. The zero-order valence-electron chi connectivity index (χ0n) is 21.9. The van der Waals surface area contributed by atoms with Gasteiger partial charge in [0.15, 0.2) is 0 Å². The lowest BCUT2D eigenvalue weighted by atomic mass is 9.78. The Morgan fingerprint density at radius 3 is 2.46 bits per heavy atom. The topological polar surface area (TPSA) is 82.2 Å². The minimum atomic E-state index is 0.0156. The predicted octanol–water partition coefficient (Wildman–Crippen LogP) is 4.46. The van der Waals surface area contributed by atoms with E-state index in [-0.39, 0.29) is 17.2 Å². The number of likely N-dealkylation sites (tertiary alicyclic amines) is 1. The van der Waals surface area contributed by atoms with Crippen molar-refractivity contribution in [2.45, 2.75) is 39.5 Å². The number of benzene rings is 2. The van der Waals surface area contributed by atoms with Gasteiger partial charge in [0.1, 0.15) is 5.84 Å². The van der Waals surface area contributed by atoms with Gasteiger partial charge in [-0.1, -0.05) is 38.1 Å². The Bertz CT molecular complexity index is 1220. The first kappa shape index (κ1) is 25.1. The van der Waals surface area contributed by atoms with Gasteiger partial charge in [0, 0.05) is 73.5 Å². The average Bonchev–Trinajstić information content (AvgIpc) is 3.26. The van der Waals surface area contributed by atoms with Crippen LogP contribution in [-0.4, -0.2) is 66.7 Å². The number of aliphatic imine (C=N–C) groups is 1. The Morgan fingerprint density at radius 2 is 1.76 bits per heavy atom. The van der Waals surface area contributed by atoms with Crippen molar-refractivity contribution in [3.05, 3.63) is 65.2 Å². The summed E-state index contributed by atoms with van der Waals surface area (Å²) in [7, 11) is 0. The van der Waals surface area contributed by atoms with Crippen LogP contribution in [0.3, 0.4) is 0 Å². The van der Waals surface area contributed by atoms with Crippen LogP contribution in [0.4, 0.5) is 11.4 Å². The molecule has 2 aromatic rings. The number of hydrogen-bond donors (Lipinski definition) is 1. The maximum absolute atomic E-state index is 13.3. The highest BCUT2D eigenvalue weighted by Gasteiger charge is 2.49. The molecule has 2 aromatic carbocycles. The fourth-order valence-electron chi connectivity index (χ4n) is 5.86. The Hall–Kier alpha value is -3.61. The number of fused-ring (bicyclic) bond motifs is 1. The summed E-state index contributed by atoms with van der Waals surface area (Å²) in [4.78, 5) is 37.4. The molecule has 0 aromatic heterocycles. The van der Waals surface area contributed by atoms with Gasteiger partial charge in [-0.05, 0) is 49.6 Å². The fourth-order valence-corrected chi connectivity index (χ4v) is 5.86. The van der Waals surface area contributed by atoms with Gasteiger partial charge in [-0.3, -0.25) is 9.59 Å². The first-order chi connectivity index (χ1) is 17.9. The normalized spacial score (nSPS) is 18.0. The van der Waals surface area contributed by atoms with Gasteiger partial charge in [0.05, 0.1) is 5.69 Å². The lowest BCUT2D eigenvalue weighted by Crippen LogP contribution is -2.59. The summed E-state index contributed by atoms with van der Waals surface area (Å²) >= 11 is 0. The van der Waals surface area contributed by atoms with Crippen molar-refractivity contribution >= 4 is 35.1 Å². The summed E-state index contributed by atoms with van der Waals surface area (Å²) < 4.78 is 0. The minimum absolute atomic E-state index is 0.0156. The minimum Gasteiger partial charge on any atom is -0.387 e. The molecule has 3 heterocycles. The first-order valence-electron chi connectivity index (χ1n) is 13.5. The third-order valence-corrected chi connectivity index (χ3v) is 7.69. The maximum Gasteiger partial charge on any atom is 0.253 e. The van der Waals surface area contributed by atoms with Crippen LogP contribution < -0.4 is 10.6 Å². The fraction of sp³-hybridized carbons (Fsp3) is 0.433. The van der Waals surface area contributed by atoms with Crippen LogP contribution in [-0.2, 0) is 4.79 Å². The van der Waals surface area contributed by atoms with E-state index >= 15 is 0 Å². The van der Waals surface area contributed by atoms with E-state index in [1.54, 1.807) is 0 Å². The average molecular weight is 500 g/mol. The van der Waals surface area contributed by atoms with E-state index in [1.165, 1.54) is 5.69 Å². The van der Waals surface area contributed by atoms with E-state index in [1.807, 2.05) is 40.1 Å². The second-order valence-corrected chi connectivity index (χ2v) is 10.7. The maximum atomic E-state index is 13.3. The monoisotopic (exact) mass is 499 g/mol. The molecule has 37 heavy (non-hydrogen) atoms. The van der Waals surface area contributed by atoms with Crippen LogP contribution in [0.15, 0.2) is 59.1 Å². The van der Waals surface area contributed by atoms with E-state index in [9.17, 15) is 9.59 Å². The third kappa shape index (κ3) is 5.13. The van der Waals surface area contributed by atoms with Gasteiger partial charge in [-0.15, -0.1) is 0 Å². The molecule has 2 saturated heterocycles. The van der Waals surface area contributed by atoms with Gasteiger partial charge >= 0.3 is 0 Å². The second kappa shape index (κ2) is 10.4. The van der Waals surface area contributed by atoms with Gasteiger partial charge in [0.25, 0.3) is 5.91 Å². The zero-order chi connectivity index (χ0) is 26.0. The van der Waals surface area contributed by atoms with Crippen molar-refractivity contribution < 1.29 is 9.59 Å². The Balaban J connectivity index is 1.28. The van der Waals surface area contributed by atoms with E-state index in [2.05, 4.69) is 48.0 Å². The first-order valence-corrected chi connectivity index (χ1v) is 13.5. The van der Waals surface area contributed by atoms with E-state index < -0.39 is 0 Å². The second-order valence-electron chi connectivity index (χ2n) is 10.7. The summed E-state index contributed by atoms with van der Waals surface area (Å²) in [5, 5.41) is 0. The van der Waals surface area contributed by atoms with E-state index in [0.717, 1.165) is 64.1 Å². The number of amidine groups is 1. The number of amides is 2. The summed E-state index contributed by atoms with van der Waals surface area (Å²) in [6.45, 7) is 9.17. The van der Waals surface area contributed by atoms with Gasteiger partial charge in [0.2, 0.25) is 5.91 Å². The highest BCUT2D eigenvalue weighted by atomic mass is 16.2. The molecular formula is C30H37N5O2. The predicted molar refractivity (Wildman–Crippen MR) is 149 cm³/mol. The van der Waals surface area contributed by atoms with Crippen LogP contribution in [0, 0.1) is 5.41 Å². The molecule has 2 fully saturated rings. The number of carbonyl (C=O) groups is 2. The molecule has 194 valence electrons. The molecule has 2 amide bonds. The van der Waals surface area contributed by atoms with Crippen molar-refractivity contribution in [1.29, 1.82) is 0 Å². The van der Waals surface area contributed by atoms with Crippen molar-refractivity contribution in [3.8, 4) is 0 Å². The number of rotatable bonds is 7. The summed E-state index contributed by atoms with van der Waals surface area (Å²) in [6.07, 6.45) is 5.13. The molecule has 3 aliphatic heterocycles. The lowest BCUT2D eigenvalue weighted by molar-refractivity contribution is -0.127. The number of para-hydroxylation sites is 1. The molecule has 1 spiro atoms. The molecule has 0 bridgehead atoms. The van der Waals surface area contributed by atoms with Crippen LogP contribution in [0.1, 0.15) is 55.5 Å². The van der Waals surface area contributed by atoms with Crippen LogP contribution in [0.25, 0.3) is 6.08 Å². The summed E-state index contributed by atoms with van der Waals surface area (Å²) in [5.41, 5.74) is 10.4. The Labute approximate surface area is 219 Å². The summed E-state index contributed by atoms with van der Waals surface area (Å²) in [6, 6.07) is 16.1. The highest BCUT2D eigenvalue weighted by molar-refractivity contribution is 6.06. The third-order valence-electron chi connectivity index (χ3n) is 7.69. The molecule has 0 aliphatic carbocycles. The Kier molecular flexibility index (Phi) is 7.04. The quantitative estimate of drug-likeness (QED) is 0.610.